The first-order valence-electron chi connectivity index (χ1n) is 9.95. The maximum absolute atomic E-state index is 12.5. The summed E-state index contributed by atoms with van der Waals surface area (Å²) in [7, 11) is -0.528. The Labute approximate surface area is 190 Å². The van der Waals surface area contributed by atoms with E-state index in [-0.39, 0.29) is 22.6 Å². The van der Waals surface area contributed by atoms with Crippen molar-refractivity contribution in [3.05, 3.63) is 59.5 Å². The number of sulfonamides is 1. The predicted molar refractivity (Wildman–Crippen MR) is 124 cm³/mol. The number of aromatic nitrogens is 1. The van der Waals surface area contributed by atoms with E-state index in [1.807, 2.05) is 0 Å². The topological polar surface area (TPSA) is 108 Å². The maximum atomic E-state index is 12.5. The normalized spacial score (nSPS) is 13.7. The molecule has 1 aliphatic carbocycles. The van der Waals surface area contributed by atoms with Gasteiger partial charge < -0.3 is 5.32 Å². The Morgan fingerprint density at radius 2 is 1.66 bits per heavy atom. The molecule has 1 saturated carbocycles. The number of amides is 2. The monoisotopic (exact) mass is 470 g/mol. The van der Waals surface area contributed by atoms with E-state index in [9.17, 15) is 18.0 Å². The summed E-state index contributed by atoms with van der Waals surface area (Å²) < 4.78 is 25.5. The van der Waals surface area contributed by atoms with E-state index >= 15 is 0 Å². The highest BCUT2D eigenvalue weighted by Gasteiger charge is 2.29. The Morgan fingerprint density at radius 1 is 1.00 bits per heavy atom. The standard InChI is InChI=1S/C22H22N4O4S2/c1-26(2)32(29,30)18-11-7-14(8-12-18)19-13-31-22(24-19)25-21(28)16-5-9-17(10-6-16)23-20(27)15-3-4-15/h5-13,15H,3-4H2,1-2H3,(H,23,27)(H,24,25,28). The first kappa shape index (κ1) is 22.1. The molecular formula is C22H22N4O4S2. The summed E-state index contributed by atoms with van der Waals surface area (Å²) in [4.78, 5) is 29.0. The molecule has 0 radical (unpaired) electrons. The summed E-state index contributed by atoms with van der Waals surface area (Å²) in [5.74, 6) is -0.172. The van der Waals surface area contributed by atoms with Crippen molar-refractivity contribution in [2.75, 3.05) is 24.7 Å². The van der Waals surface area contributed by atoms with E-state index in [0.717, 1.165) is 22.7 Å². The largest absolute Gasteiger partial charge is 0.326 e. The van der Waals surface area contributed by atoms with Crippen molar-refractivity contribution < 1.29 is 18.0 Å². The van der Waals surface area contributed by atoms with E-state index in [1.165, 1.54) is 37.6 Å². The number of carbonyl (C=O) groups is 2. The van der Waals surface area contributed by atoms with Crippen molar-refractivity contribution in [1.82, 2.24) is 9.29 Å². The molecule has 8 nitrogen and oxygen atoms in total. The van der Waals surface area contributed by atoms with Crippen molar-refractivity contribution in [2.45, 2.75) is 17.7 Å². The van der Waals surface area contributed by atoms with Gasteiger partial charge in [-0.2, -0.15) is 0 Å². The number of anilines is 2. The van der Waals surface area contributed by atoms with Gasteiger partial charge in [0.25, 0.3) is 5.91 Å². The van der Waals surface area contributed by atoms with Gasteiger partial charge in [0, 0.05) is 42.2 Å². The van der Waals surface area contributed by atoms with E-state index in [1.54, 1.807) is 41.8 Å². The van der Waals surface area contributed by atoms with Crippen molar-refractivity contribution in [2.24, 2.45) is 5.92 Å². The van der Waals surface area contributed by atoms with Gasteiger partial charge in [0.2, 0.25) is 15.9 Å². The number of carbonyl (C=O) groups excluding carboxylic acids is 2. The van der Waals surface area contributed by atoms with Gasteiger partial charge in [-0.25, -0.2) is 17.7 Å². The molecule has 10 heteroatoms. The number of rotatable bonds is 7. The molecule has 0 atom stereocenters. The van der Waals surface area contributed by atoms with E-state index in [4.69, 9.17) is 0 Å². The average Bonchev–Trinajstić information content (AvgIpc) is 3.53. The molecule has 4 rings (SSSR count). The molecule has 3 aromatic rings. The van der Waals surface area contributed by atoms with Crippen LogP contribution in [0.3, 0.4) is 0 Å². The molecule has 1 aliphatic rings. The maximum Gasteiger partial charge on any atom is 0.257 e. The quantitative estimate of drug-likeness (QED) is 0.548. The van der Waals surface area contributed by atoms with Gasteiger partial charge >= 0.3 is 0 Å². The van der Waals surface area contributed by atoms with Gasteiger partial charge in [-0.1, -0.05) is 12.1 Å². The summed E-state index contributed by atoms with van der Waals surface area (Å²) in [5, 5.41) is 7.83. The van der Waals surface area contributed by atoms with Crippen LogP contribution in [0, 0.1) is 5.92 Å². The summed E-state index contributed by atoms with van der Waals surface area (Å²) >= 11 is 1.28. The molecule has 2 amide bonds. The zero-order valence-corrected chi connectivity index (χ0v) is 19.2. The molecule has 2 N–H and O–H groups in total. The fourth-order valence-corrected chi connectivity index (χ4v) is 4.55. The fraction of sp³-hybridized carbons (Fsp3) is 0.227. The van der Waals surface area contributed by atoms with E-state index < -0.39 is 10.0 Å². The van der Waals surface area contributed by atoms with Gasteiger partial charge in [0.15, 0.2) is 5.13 Å². The van der Waals surface area contributed by atoms with Crippen LogP contribution in [-0.4, -0.2) is 43.6 Å². The number of thiazole rings is 1. The van der Waals surface area contributed by atoms with Crippen LogP contribution in [0.15, 0.2) is 58.8 Å². The van der Waals surface area contributed by atoms with Crippen molar-refractivity contribution in [3.63, 3.8) is 0 Å². The zero-order chi connectivity index (χ0) is 22.9. The number of nitrogens with zero attached hydrogens (tertiary/aromatic N) is 2. The number of hydrogen-bond acceptors (Lipinski definition) is 6. The molecule has 1 fully saturated rings. The molecule has 32 heavy (non-hydrogen) atoms. The Balaban J connectivity index is 1.40. The molecular weight excluding hydrogens is 448 g/mol. The Kier molecular flexibility index (Phi) is 6.09. The van der Waals surface area contributed by atoms with E-state index in [2.05, 4.69) is 15.6 Å². The third kappa shape index (κ3) is 4.87. The second-order valence-electron chi connectivity index (χ2n) is 7.64. The van der Waals surface area contributed by atoms with Crippen LogP contribution in [0.1, 0.15) is 23.2 Å². The summed E-state index contributed by atoms with van der Waals surface area (Å²) in [5.41, 5.74) is 2.49. The molecule has 0 bridgehead atoms. The van der Waals surface area contributed by atoms with Crippen LogP contribution in [0.25, 0.3) is 11.3 Å². The zero-order valence-electron chi connectivity index (χ0n) is 17.5. The summed E-state index contributed by atoms with van der Waals surface area (Å²) in [6, 6.07) is 13.1. The minimum atomic E-state index is -3.49. The Morgan fingerprint density at radius 3 is 2.25 bits per heavy atom. The van der Waals surface area contributed by atoms with Crippen LogP contribution in [-0.2, 0) is 14.8 Å². The molecule has 0 saturated heterocycles. The first-order chi connectivity index (χ1) is 15.2. The second kappa shape index (κ2) is 8.81. The van der Waals surface area contributed by atoms with Gasteiger partial charge in [-0.15, -0.1) is 11.3 Å². The molecule has 0 aliphatic heterocycles. The Hall–Kier alpha value is -3.08. The fourth-order valence-electron chi connectivity index (χ4n) is 2.94. The summed E-state index contributed by atoms with van der Waals surface area (Å²) in [6.07, 6.45) is 1.86. The van der Waals surface area contributed by atoms with Crippen molar-refractivity contribution in [1.29, 1.82) is 0 Å². The smallest absolute Gasteiger partial charge is 0.257 e. The molecule has 2 aromatic carbocycles. The van der Waals surface area contributed by atoms with E-state index in [0.29, 0.717) is 22.1 Å². The number of hydrogen-bond donors (Lipinski definition) is 2. The van der Waals surface area contributed by atoms with Crippen LogP contribution in [0.4, 0.5) is 10.8 Å². The van der Waals surface area contributed by atoms with Crippen LogP contribution >= 0.6 is 11.3 Å². The lowest BCUT2D eigenvalue weighted by Gasteiger charge is -2.11. The SMILES string of the molecule is CN(C)S(=O)(=O)c1ccc(-c2csc(NC(=O)c3ccc(NC(=O)C4CC4)cc3)n2)cc1. The molecule has 166 valence electrons. The van der Waals surface area contributed by atoms with Crippen molar-refractivity contribution in [3.8, 4) is 11.3 Å². The van der Waals surface area contributed by atoms with Gasteiger partial charge in [0.05, 0.1) is 10.6 Å². The lowest BCUT2D eigenvalue weighted by atomic mass is 10.2. The first-order valence-corrected chi connectivity index (χ1v) is 12.3. The van der Waals surface area contributed by atoms with Gasteiger partial charge in [-0.05, 0) is 49.2 Å². The molecule has 1 heterocycles. The van der Waals surface area contributed by atoms with Gasteiger partial charge in [0.1, 0.15) is 0 Å². The minimum absolute atomic E-state index is 0.0184. The Bertz CT molecular complexity index is 1250. The highest BCUT2D eigenvalue weighted by atomic mass is 32.2. The highest BCUT2D eigenvalue weighted by molar-refractivity contribution is 7.89. The lowest BCUT2D eigenvalue weighted by Crippen LogP contribution is -2.22. The number of nitrogens with one attached hydrogen (secondary N) is 2. The minimum Gasteiger partial charge on any atom is -0.326 e. The highest BCUT2D eigenvalue weighted by Crippen LogP contribution is 2.30. The van der Waals surface area contributed by atoms with Crippen molar-refractivity contribution >= 4 is 44.0 Å². The third-order valence-corrected chi connectivity index (χ3v) is 7.60. The molecule has 1 aromatic heterocycles. The third-order valence-electron chi connectivity index (χ3n) is 5.02. The van der Waals surface area contributed by atoms with Crippen LogP contribution < -0.4 is 10.6 Å². The van der Waals surface area contributed by atoms with Crippen LogP contribution in [0.2, 0.25) is 0 Å². The van der Waals surface area contributed by atoms with Gasteiger partial charge in [-0.3, -0.25) is 14.9 Å². The molecule has 0 spiro atoms. The van der Waals surface area contributed by atoms with Crippen LogP contribution in [0.5, 0.6) is 0 Å². The predicted octanol–water partition coefficient (Wildman–Crippen LogP) is 3.66. The average molecular weight is 471 g/mol. The summed E-state index contributed by atoms with van der Waals surface area (Å²) in [6.45, 7) is 0. The number of benzene rings is 2. The molecule has 0 unspecified atom stereocenters. The second-order valence-corrected chi connectivity index (χ2v) is 10.7. The lowest BCUT2D eigenvalue weighted by molar-refractivity contribution is -0.117.